The zero-order chi connectivity index (χ0) is 20.4. The molecule has 0 spiro atoms. The number of carbonyl (C=O) groups excluding carboxylic acids is 2. The Hall–Kier alpha value is -3.20. The summed E-state index contributed by atoms with van der Waals surface area (Å²) in [5, 5.41) is 2.66. The molecule has 29 heavy (non-hydrogen) atoms. The third kappa shape index (κ3) is 4.45. The molecular formula is C20H19F2N3O4. The van der Waals surface area contributed by atoms with Crippen molar-refractivity contribution in [3.63, 3.8) is 0 Å². The highest BCUT2D eigenvalue weighted by atomic mass is 19.3. The molecule has 0 radical (unpaired) electrons. The molecule has 4 rings (SSSR count). The van der Waals surface area contributed by atoms with E-state index in [4.69, 9.17) is 0 Å². The van der Waals surface area contributed by atoms with E-state index in [1.54, 1.807) is 17.0 Å². The Morgan fingerprint density at radius 1 is 0.966 bits per heavy atom. The second-order valence-corrected chi connectivity index (χ2v) is 6.81. The first-order valence-corrected chi connectivity index (χ1v) is 9.16. The summed E-state index contributed by atoms with van der Waals surface area (Å²) in [6.07, 6.45) is -3.69. The van der Waals surface area contributed by atoms with Crippen molar-refractivity contribution in [2.75, 3.05) is 38.0 Å². The van der Waals surface area contributed by atoms with E-state index in [0.29, 0.717) is 37.4 Å². The van der Waals surface area contributed by atoms with Crippen LogP contribution >= 0.6 is 0 Å². The van der Waals surface area contributed by atoms with E-state index in [-0.39, 0.29) is 29.9 Å². The Morgan fingerprint density at radius 3 is 2.38 bits per heavy atom. The number of alkyl halides is 2. The quantitative estimate of drug-likeness (QED) is 0.849. The maximum atomic E-state index is 13.1. The van der Waals surface area contributed by atoms with Gasteiger partial charge in [0.2, 0.25) is 5.91 Å². The van der Waals surface area contributed by atoms with Gasteiger partial charge in [0.25, 0.3) is 5.91 Å². The lowest BCUT2D eigenvalue weighted by atomic mass is 10.2. The van der Waals surface area contributed by atoms with Gasteiger partial charge in [-0.25, -0.2) is 0 Å². The van der Waals surface area contributed by atoms with Gasteiger partial charge in [0.1, 0.15) is 0 Å². The van der Waals surface area contributed by atoms with Gasteiger partial charge in [0.15, 0.2) is 11.5 Å². The van der Waals surface area contributed by atoms with Gasteiger partial charge in [0, 0.05) is 43.5 Å². The number of rotatable bonds is 4. The van der Waals surface area contributed by atoms with E-state index < -0.39 is 6.29 Å². The van der Waals surface area contributed by atoms with E-state index in [1.165, 1.54) is 18.2 Å². The SMILES string of the molecule is O=C(CN1CCN(C(=O)c2ccccc2)CC1)Nc1ccc2c(c1)OC(F)(F)O2. The molecule has 2 aliphatic rings. The normalized spacial score (nSPS) is 17.8. The fourth-order valence-electron chi connectivity index (χ4n) is 3.30. The summed E-state index contributed by atoms with van der Waals surface area (Å²) in [4.78, 5) is 28.5. The molecule has 0 saturated carbocycles. The lowest BCUT2D eigenvalue weighted by Gasteiger charge is -2.34. The molecule has 2 aromatic rings. The molecule has 0 bridgehead atoms. The van der Waals surface area contributed by atoms with Crippen LogP contribution in [0.25, 0.3) is 0 Å². The standard InChI is InChI=1S/C20H19F2N3O4/c21-20(22)28-16-7-6-15(12-17(16)29-20)23-18(26)13-24-8-10-25(11-9-24)19(27)14-4-2-1-3-5-14/h1-7,12H,8-11,13H2,(H,23,26). The number of fused-ring (bicyclic) bond motifs is 1. The van der Waals surface area contributed by atoms with Crippen LogP contribution in [0.5, 0.6) is 11.5 Å². The predicted molar refractivity (Wildman–Crippen MR) is 100 cm³/mol. The average molecular weight is 403 g/mol. The van der Waals surface area contributed by atoms with Crippen molar-refractivity contribution in [2.24, 2.45) is 0 Å². The van der Waals surface area contributed by atoms with E-state index in [2.05, 4.69) is 14.8 Å². The second kappa shape index (κ2) is 7.67. The number of benzene rings is 2. The molecule has 7 nitrogen and oxygen atoms in total. The van der Waals surface area contributed by atoms with Crippen LogP contribution in [0.2, 0.25) is 0 Å². The summed E-state index contributed by atoms with van der Waals surface area (Å²) < 4.78 is 34.9. The van der Waals surface area contributed by atoms with Crippen LogP contribution in [0.1, 0.15) is 10.4 Å². The third-order valence-electron chi connectivity index (χ3n) is 4.73. The molecule has 9 heteroatoms. The molecule has 1 fully saturated rings. The Morgan fingerprint density at radius 2 is 1.66 bits per heavy atom. The van der Waals surface area contributed by atoms with Crippen molar-refractivity contribution in [2.45, 2.75) is 6.29 Å². The lowest BCUT2D eigenvalue weighted by Crippen LogP contribution is -2.50. The third-order valence-corrected chi connectivity index (χ3v) is 4.73. The molecule has 0 unspecified atom stereocenters. The number of hydrogen-bond acceptors (Lipinski definition) is 5. The molecule has 2 heterocycles. The second-order valence-electron chi connectivity index (χ2n) is 6.81. The fraction of sp³-hybridized carbons (Fsp3) is 0.300. The highest BCUT2D eigenvalue weighted by Crippen LogP contribution is 2.42. The van der Waals surface area contributed by atoms with Crippen molar-refractivity contribution in [1.82, 2.24) is 9.80 Å². The number of ether oxygens (including phenoxy) is 2. The van der Waals surface area contributed by atoms with E-state index >= 15 is 0 Å². The highest BCUT2D eigenvalue weighted by molar-refractivity contribution is 5.94. The van der Waals surface area contributed by atoms with Crippen LogP contribution in [0.4, 0.5) is 14.5 Å². The molecule has 2 aromatic carbocycles. The first kappa shape index (κ1) is 19.1. The largest absolute Gasteiger partial charge is 0.586 e. The van der Waals surface area contributed by atoms with Crippen LogP contribution in [0, 0.1) is 0 Å². The topological polar surface area (TPSA) is 71.1 Å². The molecule has 2 amide bonds. The van der Waals surface area contributed by atoms with Gasteiger partial charge in [-0.3, -0.25) is 14.5 Å². The molecule has 1 N–H and O–H groups in total. The van der Waals surface area contributed by atoms with Crippen molar-refractivity contribution < 1.29 is 27.8 Å². The van der Waals surface area contributed by atoms with Crippen molar-refractivity contribution in [3.05, 3.63) is 54.1 Å². The minimum absolute atomic E-state index is 0.0214. The molecule has 0 aliphatic carbocycles. The van der Waals surface area contributed by atoms with E-state index in [9.17, 15) is 18.4 Å². The number of hydrogen-bond donors (Lipinski definition) is 1. The van der Waals surface area contributed by atoms with Gasteiger partial charge in [0.05, 0.1) is 6.54 Å². The highest BCUT2D eigenvalue weighted by Gasteiger charge is 2.43. The summed E-state index contributed by atoms with van der Waals surface area (Å²) in [6, 6.07) is 13.2. The zero-order valence-corrected chi connectivity index (χ0v) is 15.4. The monoisotopic (exact) mass is 403 g/mol. The summed E-state index contributed by atoms with van der Waals surface area (Å²) in [5.74, 6) is -0.502. The summed E-state index contributed by atoms with van der Waals surface area (Å²) in [7, 11) is 0. The van der Waals surface area contributed by atoms with E-state index in [1.807, 2.05) is 23.1 Å². The van der Waals surface area contributed by atoms with Crippen molar-refractivity contribution in [1.29, 1.82) is 0 Å². The number of amides is 2. The maximum Gasteiger partial charge on any atom is 0.586 e. The molecular weight excluding hydrogens is 384 g/mol. The van der Waals surface area contributed by atoms with Gasteiger partial charge in [-0.1, -0.05) is 18.2 Å². The van der Waals surface area contributed by atoms with Gasteiger partial charge in [-0.05, 0) is 24.3 Å². The fourth-order valence-corrected chi connectivity index (χ4v) is 3.30. The number of nitrogens with one attached hydrogen (secondary N) is 1. The van der Waals surface area contributed by atoms with E-state index in [0.717, 1.165) is 0 Å². The Bertz CT molecular complexity index is 915. The maximum absolute atomic E-state index is 13.1. The number of carbonyl (C=O) groups is 2. The first-order valence-electron chi connectivity index (χ1n) is 9.16. The Balaban J connectivity index is 1.27. The van der Waals surface area contributed by atoms with Gasteiger partial charge < -0.3 is 19.7 Å². The molecule has 1 saturated heterocycles. The average Bonchev–Trinajstić information content (AvgIpc) is 3.01. The summed E-state index contributed by atoms with van der Waals surface area (Å²) in [6.45, 7) is 2.33. The molecule has 2 aliphatic heterocycles. The number of halogens is 2. The Kier molecular flexibility index (Phi) is 5.06. The number of anilines is 1. The molecule has 0 atom stereocenters. The predicted octanol–water partition coefficient (Wildman–Crippen LogP) is 2.40. The summed E-state index contributed by atoms with van der Waals surface area (Å²) in [5.41, 5.74) is 0.986. The van der Waals surface area contributed by atoms with Gasteiger partial charge in [-0.15, -0.1) is 8.78 Å². The minimum Gasteiger partial charge on any atom is -0.395 e. The van der Waals surface area contributed by atoms with Crippen LogP contribution in [0.15, 0.2) is 48.5 Å². The number of piperazine rings is 1. The molecule has 0 aromatic heterocycles. The van der Waals surface area contributed by atoms with Crippen LogP contribution in [0.3, 0.4) is 0 Å². The van der Waals surface area contributed by atoms with Crippen LogP contribution < -0.4 is 14.8 Å². The van der Waals surface area contributed by atoms with Gasteiger partial charge >= 0.3 is 6.29 Å². The van der Waals surface area contributed by atoms with Gasteiger partial charge in [-0.2, -0.15) is 0 Å². The van der Waals surface area contributed by atoms with Crippen LogP contribution in [-0.2, 0) is 4.79 Å². The summed E-state index contributed by atoms with van der Waals surface area (Å²) >= 11 is 0. The minimum atomic E-state index is -3.69. The smallest absolute Gasteiger partial charge is 0.395 e. The molecule has 152 valence electrons. The van der Waals surface area contributed by atoms with Crippen LogP contribution in [-0.4, -0.2) is 60.6 Å². The van der Waals surface area contributed by atoms with Crippen molar-refractivity contribution >= 4 is 17.5 Å². The first-order chi connectivity index (χ1) is 13.9. The zero-order valence-electron chi connectivity index (χ0n) is 15.4. The number of nitrogens with zero attached hydrogens (tertiary/aromatic N) is 2. The lowest BCUT2D eigenvalue weighted by molar-refractivity contribution is -0.286. The Labute approximate surface area is 165 Å². The van der Waals surface area contributed by atoms with Crippen molar-refractivity contribution in [3.8, 4) is 11.5 Å².